The van der Waals surface area contributed by atoms with E-state index in [9.17, 15) is 23.1 Å². The molecule has 0 saturated carbocycles. The average Bonchev–Trinajstić information content (AvgIpc) is 3.18. The Morgan fingerprint density at radius 1 is 1.27 bits per heavy atom. The van der Waals surface area contributed by atoms with Gasteiger partial charge in [-0.25, -0.2) is 8.42 Å². The van der Waals surface area contributed by atoms with E-state index in [0.717, 1.165) is 6.42 Å². The normalized spacial score (nSPS) is 21.6. The summed E-state index contributed by atoms with van der Waals surface area (Å²) in [5.74, 6) is -0.691. The highest BCUT2D eigenvalue weighted by Crippen LogP contribution is 2.27. The first-order valence-corrected chi connectivity index (χ1v) is 11.6. The Kier molecular flexibility index (Phi) is 7.45. The van der Waals surface area contributed by atoms with Gasteiger partial charge in [-0.2, -0.15) is 4.31 Å². The number of rotatable bonds is 8. The van der Waals surface area contributed by atoms with Crippen LogP contribution in [0.3, 0.4) is 0 Å². The van der Waals surface area contributed by atoms with Crippen molar-refractivity contribution in [2.24, 2.45) is 5.92 Å². The van der Waals surface area contributed by atoms with Crippen LogP contribution in [0.25, 0.3) is 0 Å². The van der Waals surface area contributed by atoms with Gasteiger partial charge in [0.25, 0.3) is 0 Å². The molecule has 0 aliphatic carbocycles. The van der Waals surface area contributed by atoms with Crippen molar-refractivity contribution in [3.63, 3.8) is 0 Å². The summed E-state index contributed by atoms with van der Waals surface area (Å²) in [5.41, 5.74) is 0.696. The Morgan fingerprint density at radius 2 is 2.00 bits per heavy atom. The summed E-state index contributed by atoms with van der Waals surface area (Å²) >= 11 is 0. The van der Waals surface area contributed by atoms with Crippen LogP contribution in [0.5, 0.6) is 0 Å². The van der Waals surface area contributed by atoms with E-state index >= 15 is 0 Å². The van der Waals surface area contributed by atoms with E-state index in [2.05, 4.69) is 5.32 Å². The SMILES string of the molecule is COC[C@@H](O)CNC(=O)[C@@H]1CCCN(S(=O)(=O)c2ccc(N3CCCC3=O)cc2)C1. The quantitative estimate of drug-likeness (QED) is 0.603. The van der Waals surface area contributed by atoms with Crippen molar-refractivity contribution >= 4 is 27.5 Å². The fraction of sp³-hybridized carbons (Fsp3) is 0.600. The Morgan fingerprint density at radius 3 is 2.63 bits per heavy atom. The van der Waals surface area contributed by atoms with Crippen molar-refractivity contribution in [3.8, 4) is 0 Å². The number of aliphatic hydroxyl groups excluding tert-OH is 1. The number of nitrogens with zero attached hydrogens (tertiary/aromatic N) is 2. The number of hydrogen-bond donors (Lipinski definition) is 2. The topological polar surface area (TPSA) is 116 Å². The van der Waals surface area contributed by atoms with E-state index in [1.54, 1.807) is 17.0 Å². The molecule has 1 aromatic carbocycles. The summed E-state index contributed by atoms with van der Waals surface area (Å²) in [4.78, 5) is 26.1. The Bertz CT molecular complexity index is 858. The number of sulfonamides is 1. The number of benzene rings is 1. The van der Waals surface area contributed by atoms with Crippen molar-refractivity contribution in [2.75, 3.05) is 44.8 Å². The molecule has 2 amide bonds. The van der Waals surface area contributed by atoms with Gasteiger partial charge in [0.1, 0.15) is 0 Å². The molecule has 0 unspecified atom stereocenters. The number of carbonyl (C=O) groups excluding carboxylic acids is 2. The molecule has 2 saturated heterocycles. The van der Waals surface area contributed by atoms with E-state index in [0.29, 0.717) is 38.0 Å². The third-order valence-electron chi connectivity index (χ3n) is 5.49. The van der Waals surface area contributed by atoms with Crippen molar-refractivity contribution in [3.05, 3.63) is 24.3 Å². The molecular weight excluding hydrogens is 410 g/mol. The number of carbonyl (C=O) groups is 2. The highest BCUT2D eigenvalue weighted by molar-refractivity contribution is 7.89. The molecular formula is C20H29N3O6S. The second-order valence-corrected chi connectivity index (χ2v) is 9.64. The number of ether oxygens (including phenoxy) is 1. The minimum Gasteiger partial charge on any atom is -0.389 e. The maximum absolute atomic E-state index is 13.1. The fourth-order valence-electron chi connectivity index (χ4n) is 3.86. The van der Waals surface area contributed by atoms with Crippen LogP contribution in [-0.4, -0.2) is 75.6 Å². The largest absolute Gasteiger partial charge is 0.389 e. The lowest BCUT2D eigenvalue weighted by molar-refractivity contribution is -0.126. The van der Waals surface area contributed by atoms with Gasteiger partial charge in [0.15, 0.2) is 0 Å². The minimum absolute atomic E-state index is 0.0473. The van der Waals surface area contributed by atoms with Crippen LogP contribution in [0.1, 0.15) is 25.7 Å². The maximum Gasteiger partial charge on any atom is 0.243 e. The molecule has 2 fully saturated rings. The first-order valence-electron chi connectivity index (χ1n) is 10.2. The molecule has 2 aliphatic rings. The molecule has 10 heteroatoms. The molecule has 2 aliphatic heterocycles. The van der Waals surface area contributed by atoms with Crippen molar-refractivity contribution in [2.45, 2.75) is 36.7 Å². The zero-order chi connectivity index (χ0) is 21.7. The van der Waals surface area contributed by atoms with Gasteiger partial charge in [-0.1, -0.05) is 0 Å². The van der Waals surface area contributed by atoms with Crippen LogP contribution in [0.15, 0.2) is 29.2 Å². The monoisotopic (exact) mass is 439 g/mol. The number of methoxy groups -OCH3 is 1. The van der Waals surface area contributed by atoms with Gasteiger partial charge < -0.3 is 20.1 Å². The molecule has 0 aromatic heterocycles. The molecule has 30 heavy (non-hydrogen) atoms. The summed E-state index contributed by atoms with van der Waals surface area (Å²) in [6, 6.07) is 6.34. The molecule has 0 bridgehead atoms. The summed E-state index contributed by atoms with van der Waals surface area (Å²) < 4.78 is 32.3. The molecule has 2 heterocycles. The smallest absolute Gasteiger partial charge is 0.243 e. The number of aliphatic hydroxyl groups is 1. The molecule has 0 spiro atoms. The lowest BCUT2D eigenvalue weighted by atomic mass is 9.99. The molecule has 0 radical (unpaired) electrons. The summed E-state index contributed by atoms with van der Waals surface area (Å²) in [5, 5.41) is 12.3. The fourth-order valence-corrected chi connectivity index (χ4v) is 5.38. The maximum atomic E-state index is 13.1. The zero-order valence-corrected chi connectivity index (χ0v) is 17.9. The van der Waals surface area contributed by atoms with Gasteiger partial charge in [-0.3, -0.25) is 9.59 Å². The number of nitrogens with one attached hydrogen (secondary N) is 1. The van der Waals surface area contributed by atoms with Crippen LogP contribution in [0.2, 0.25) is 0 Å². The first-order chi connectivity index (χ1) is 14.3. The molecule has 9 nitrogen and oxygen atoms in total. The Labute approximate surface area is 177 Å². The van der Waals surface area contributed by atoms with Crippen molar-refractivity contribution < 1.29 is 27.9 Å². The van der Waals surface area contributed by atoms with Crippen LogP contribution in [0.4, 0.5) is 5.69 Å². The van der Waals surface area contributed by atoms with Gasteiger partial charge in [0, 0.05) is 45.4 Å². The molecule has 3 rings (SSSR count). The lowest BCUT2D eigenvalue weighted by Gasteiger charge is -2.31. The number of anilines is 1. The van der Waals surface area contributed by atoms with E-state index < -0.39 is 22.0 Å². The molecule has 2 atom stereocenters. The second-order valence-electron chi connectivity index (χ2n) is 7.70. The standard InChI is InChI=1S/C20H29N3O6S/c1-29-14-17(24)12-21-20(26)15-4-2-10-22(13-15)30(27,28)18-8-6-16(7-9-18)23-11-3-5-19(23)25/h6-9,15,17,24H,2-5,10-14H2,1H3,(H,21,26)/t15-,17+/m1/s1. The van der Waals surface area contributed by atoms with Crippen LogP contribution in [-0.2, 0) is 24.3 Å². The summed E-state index contributed by atoms with van der Waals surface area (Å²) in [7, 11) is -2.28. The highest BCUT2D eigenvalue weighted by Gasteiger charge is 2.33. The van der Waals surface area contributed by atoms with Crippen LogP contribution in [0, 0.1) is 5.92 Å². The Hall–Kier alpha value is -2.01. The second kappa shape index (κ2) is 9.86. The third-order valence-corrected chi connectivity index (χ3v) is 7.36. The average molecular weight is 440 g/mol. The van der Waals surface area contributed by atoms with E-state index in [-0.39, 0.29) is 36.4 Å². The van der Waals surface area contributed by atoms with Gasteiger partial charge in [0.05, 0.1) is 23.5 Å². The highest BCUT2D eigenvalue weighted by atomic mass is 32.2. The first kappa shape index (κ1) is 22.7. The summed E-state index contributed by atoms with van der Waals surface area (Å²) in [6.07, 6.45) is 1.69. The van der Waals surface area contributed by atoms with Gasteiger partial charge >= 0.3 is 0 Å². The van der Waals surface area contributed by atoms with E-state index in [4.69, 9.17) is 4.74 Å². The lowest BCUT2D eigenvalue weighted by Crippen LogP contribution is -2.46. The van der Waals surface area contributed by atoms with Crippen molar-refractivity contribution in [1.29, 1.82) is 0 Å². The van der Waals surface area contributed by atoms with Gasteiger partial charge in [-0.15, -0.1) is 0 Å². The predicted octanol–water partition coefficient (Wildman–Crippen LogP) is 0.338. The number of piperidine rings is 1. The van der Waals surface area contributed by atoms with Crippen LogP contribution < -0.4 is 10.2 Å². The predicted molar refractivity (Wildman–Crippen MR) is 110 cm³/mol. The van der Waals surface area contributed by atoms with Crippen LogP contribution >= 0.6 is 0 Å². The number of amides is 2. The van der Waals surface area contributed by atoms with E-state index in [1.807, 2.05) is 0 Å². The Balaban J connectivity index is 1.64. The molecule has 166 valence electrons. The van der Waals surface area contributed by atoms with Gasteiger partial charge in [0.2, 0.25) is 21.8 Å². The third kappa shape index (κ3) is 5.18. The minimum atomic E-state index is -3.74. The summed E-state index contributed by atoms with van der Waals surface area (Å²) in [6.45, 7) is 1.27. The van der Waals surface area contributed by atoms with Crippen molar-refractivity contribution in [1.82, 2.24) is 9.62 Å². The number of hydrogen-bond acceptors (Lipinski definition) is 6. The molecule has 2 N–H and O–H groups in total. The van der Waals surface area contributed by atoms with Gasteiger partial charge in [-0.05, 0) is 43.5 Å². The van der Waals surface area contributed by atoms with E-state index in [1.165, 1.54) is 23.5 Å². The zero-order valence-electron chi connectivity index (χ0n) is 17.1. The molecule has 1 aromatic rings.